The molecular weight excluding hydrogens is 228 g/mol. The second-order valence-corrected chi connectivity index (χ2v) is 4.58. The molecule has 0 unspecified atom stereocenters. The summed E-state index contributed by atoms with van der Waals surface area (Å²) >= 11 is 0. The van der Waals surface area contributed by atoms with E-state index in [1.807, 2.05) is 13.8 Å². The molecular formula is C13H18N4O. The van der Waals surface area contributed by atoms with E-state index >= 15 is 0 Å². The summed E-state index contributed by atoms with van der Waals surface area (Å²) in [4.78, 5) is 22.4. The van der Waals surface area contributed by atoms with Gasteiger partial charge in [0, 0.05) is 24.7 Å². The number of rotatable bonds is 2. The molecule has 0 aliphatic carbocycles. The van der Waals surface area contributed by atoms with Crippen LogP contribution in [-0.2, 0) is 4.79 Å². The Morgan fingerprint density at radius 1 is 1.56 bits per heavy atom. The first kappa shape index (κ1) is 14.1. The second kappa shape index (κ2) is 5.58. The molecule has 0 spiro atoms. The molecule has 0 N–H and O–H groups in total. The van der Waals surface area contributed by atoms with E-state index in [1.54, 1.807) is 17.2 Å². The molecule has 1 aliphatic heterocycles. The monoisotopic (exact) mass is 246 g/mol. The van der Waals surface area contributed by atoms with Crippen molar-refractivity contribution in [3.8, 4) is 6.57 Å². The summed E-state index contributed by atoms with van der Waals surface area (Å²) in [6, 6.07) is 1.80. The van der Waals surface area contributed by atoms with Gasteiger partial charge in [-0.2, -0.15) is 0 Å². The molecule has 96 valence electrons. The smallest absolute Gasteiger partial charge is 0.234 e. The molecule has 0 radical (unpaired) electrons. The van der Waals surface area contributed by atoms with Gasteiger partial charge in [-0.25, -0.2) is 15.2 Å². The molecule has 5 nitrogen and oxygen atoms in total. The molecule has 2 heterocycles. The maximum Gasteiger partial charge on any atom is 0.234 e. The number of aryl methyl sites for hydroxylation is 1. The highest BCUT2D eigenvalue weighted by molar-refractivity contribution is 5.98. The van der Waals surface area contributed by atoms with E-state index in [4.69, 9.17) is 5.26 Å². The molecule has 0 aromatic carbocycles. The molecule has 1 aliphatic rings. The highest BCUT2D eigenvalue weighted by Crippen LogP contribution is 2.36. The number of amides is 1. The number of carbonyl (C=O) groups is 1. The fourth-order valence-electron chi connectivity index (χ4n) is 2.03. The summed E-state index contributed by atoms with van der Waals surface area (Å²) in [5.41, 5.74) is -0.209. The van der Waals surface area contributed by atoms with Gasteiger partial charge in [-0.3, -0.25) is 9.69 Å². The van der Waals surface area contributed by atoms with Crippen LogP contribution in [0.25, 0.3) is 0 Å². The van der Waals surface area contributed by atoms with E-state index in [1.165, 1.54) is 0 Å². The first-order valence-corrected chi connectivity index (χ1v) is 5.94. The van der Waals surface area contributed by atoms with Gasteiger partial charge in [0.05, 0.1) is 0 Å². The van der Waals surface area contributed by atoms with Crippen LogP contribution in [-0.4, -0.2) is 22.4 Å². The van der Waals surface area contributed by atoms with Gasteiger partial charge in [-0.15, -0.1) is 0 Å². The van der Waals surface area contributed by atoms with Gasteiger partial charge in [-0.05, 0) is 25.8 Å². The van der Waals surface area contributed by atoms with Crippen LogP contribution in [0, 0.1) is 24.2 Å². The number of aromatic nitrogens is 2. The zero-order valence-electron chi connectivity index (χ0n) is 11.1. The summed E-state index contributed by atoms with van der Waals surface area (Å²) in [5, 5.41) is 6.50. The van der Waals surface area contributed by atoms with E-state index < -0.39 is 0 Å². The van der Waals surface area contributed by atoms with Gasteiger partial charge in [0.25, 0.3) is 0 Å². The average molecular weight is 246 g/mol. The fraction of sp³-hybridized carbons (Fsp3) is 0.538. The minimum absolute atomic E-state index is 0.188. The topological polar surface area (TPSA) is 69.9 Å². The Labute approximate surface area is 107 Å². The summed E-state index contributed by atoms with van der Waals surface area (Å²) in [6.07, 6.45) is 3.49. The standard InChI is InChI=1S/C12H17N3O.CHN/c1-4-12(3)6-8-15(11(12)16)10-5-7-13-9(2)14-10;1-2/h5,7H,4,6,8H2,1-3H3;1H/t12-;/m1./s1. The molecule has 1 atom stereocenters. The molecule has 1 saturated heterocycles. The molecule has 1 aromatic rings. The highest BCUT2D eigenvalue weighted by atomic mass is 16.2. The van der Waals surface area contributed by atoms with Crippen LogP contribution < -0.4 is 4.90 Å². The molecule has 0 saturated carbocycles. The number of anilines is 1. The fourth-order valence-corrected chi connectivity index (χ4v) is 2.03. The largest absolute Gasteiger partial charge is 0.296 e. The van der Waals surface area contributed by atoms with Gasteiger partial charge in [0.1, 0.15) is 11.6 Å². The third-order valence-corrected chi connectivity index (χ3v) is 3.47. The van der Waals surface area contributed by atoms with Crippen LogP contribution in [0.15, 0.2) is 12.3 Å². The maximum absolute atomic E-state index is 12.2. The van der Waals surface area contributed by atoms with Crippen LogP contribution in [0.1, 0.15) is 32.5 Å². The summed E-state index contributed by atoms with van der Waals surface area (Å²) in [6.45, 7) is 10.2. The molecule has 1 amide bonds. The summed E-state index contributed by atoms with van der Waals surface area (Å²) in [5.74, 6) is 1.62. The van der Waals surface area contributed by atoms with Crippen LogP contribution in [0.5, 0.6) is 0 Å². The zero-order valence-corrected chi connectivity index (χ0v) is 11.1. The van der Waals surface area contributed by atoms with Crippen LogP contribution >= 0.6 is 0 Å². The molecule has 1 aromatic heterocycles. The van der Waals surface area contributed by atoms with Crippen molar-refractivity contribution in [2.45, 2.75) is 33.6 Å². The first-order chi connectivity index (χ1) is 8.57. The van der Waals surface area contributed by atoms with Gasteiger partial charge >= 0.3 is 0 Å². The molecule has 18 heavy (non-hydrogen) atoms. The summed E-state index contributed by atoms with van der Waals surface area (Å²) in [7, 11) is 0. The van der Waals surface area contributed by atoms with Gasteiger partial charge < -0.3 is 0 Å². The zero-order chi connectivity index (χ0) is 13.8. The number of nitrogens with zero attached hydrogens (tertiary/aromatic N) is 4. The van der Waals surface area contributed by atoms with Crippen molar-refractivity contribution in [1.29, 1.82) is 5.26 Å². The Hall–Kier alpha value is -1.96. The van der Waals surface area contributed by atoms with Crippen molar-refractivity contribution in [3.63, 3.8) is 0 Å². The predicted octanol–water partition coefficient (Wildman–Crippen LogP) is 2.08. The SMILES string of the molecule is C#N.CC[C@]1(C)CCN(c2ccnc(C)n2)C1=O. The van der Waals surface area contributed by atoms with Crippen molar-refractivity contribution in [2.24, 2.45) is 5.41 Å². The number of carbonyl (C=O) groups excluding carboxylic acids is 1. The van der Waals surface area contributed by atoms with Crippen molar-refractivity contribution < 1.29 is 4.79 Å². The van der Waals surface area contributed by atoms with Crippen molar-refractivity contribution in [3.05, 3.63) is 18.1 Å². The third kappa shape index (κ3) is 2.48. The van der Waals surface area contributed by atoms with E-state index in [-0.39, 0.29) is 11.3 Å². The Balaban J connectivity index is 0.000000771. The Morgan fingerprint density at radius 3 is 2.72 bits per heavy atom. The molecule has 1 fully saturated rings. The second-order valence-electron chi connectivity index (χ2n) is 4.58. The lowest BCUT2D eigenvalue weighted by Crippen LogP contribution is -2.32. The molecule has 2 rings (SSSR count). The minimum Gasteiger partial charge on any atom is -0.296 e. The predicted molar refractivity (Wildman–Crippen MR) is 68.8 cm³/mol. The van der Waals surface area contributed by atoms with Crippen molar-refractivity contribution in [2.75, 3.05) is 11.4 Å². The van der Waals surface area contributed by atoms with Gasteiger partial charge in [0.2, 0.25) is 5.91 Å². The third-order valence-electron chi connectivity index (χ3n) is 3.47. The molecule has 5 heteroatoms. The highest BCUT2D eigenvalue weighted by Gasteiger charge is 2.42. The number of nitriles is 1. The van der Waals surface area contributed by atoms with E-state index in [9.17, 15) is 4.79 Å². The lowest BCUT2D eigenvalue weighted by atomic mass is 9.86. The van der Waals surface area contributed by atoms with Crippen molar-refractivity contribution in [1.82, 2.24) is 9.97 Å². The number of hydrogen-bond acceptors (Lipinski definition) is 4. The Bertz CT molecular complexity index is 457. The van der Waals surface area contributed by atoms with Gasteiger partial charge in [0.15, 0.2) is 0 Å². The normalized spacial score (nSPS) is 22.5. The van der Waals surface area contributed by atoms with Crippen LogP contribution in [0.3, 0.4) is 0 Å². The summed E-state index contributed by atoms with van der Waals surface area (Å²) < 4.78 is 0. The van der Waals surface area contributed by atoms with Crippen molar-refractivity contribution >= 4 is 11.7 Å². The Kier molecular flexibility index (Phi) is 4.38. The van der Waals surface area contributed by atoms with E-state index in [0.29, 0.717) is 5.82 Å². The number of hydrogen-bond donors (Lipinski definition) is 0. The van der Waals surface area contributed by atoms with Gasteiger partial charge in [-0.1, -0.05) is 13.8 Å². The van der Waals surface area contributed by atoms with E-state index in [2.05, 4.69) is 23.5 Å². The lowest BCUT2D eigenvalue weighted by Gasteiger charge is -2.21. The molecule has 0 bridgehead atoms. The van der Waals surface area contributed by atoms with Crippen LogP contribution in [0.4, 0.5) is 5.82 Å². The maximum atomic E-state index is 12.2. The average Bonchev–Trinajstić information content (AvgIpc) is 2.69. The minimum atomic E-state index is -0.209. The Morgan fingerprint density at radius 2 is 2.22 bits per heavy atom. The quantitative estimate of drug-likeness (QED) is 0.801. The van der Waals surface area contributed by atoms with E-state index in [0.717, 1.165) is 25.2 Å². The van der Waals surface area contributed by atoms with Crippen LogP contribution in [0.2, 0.25) is 0 Å². The lowest BCUT2D eigenvalue weighted by molar-refractivity contribution is -0.124. The first-order valence-electron chi connectivity index (χ1n) is 5.94.